The lowest BCUT2D eigenvalue weighted by molar-refractivity contribution is 0.0690. The molecule has 0 aliphatic carbocycles. The van der Waals surface area contributed by atoms with E-state index in [0.717, 1.165) is 10.1 Å². The average molecular weight is 331 g/mol. The van der Waals surface area contributed by atoms with Crippen LogP contribution in [0.4, 0.5) is 4.79 Å². The number of benzene rings is 1. The molecule has 126 valence electrons. The smallest absolute Gasteiger partial charge is 0.421 e. The Morgan fingerprint density at radius 1 is 1.21 bits per heavy atom. The van der Waals surface area contributed by atoms with Gasteiger partial charge in [0.25, 0.3) is 0 Å². The molecule has 1 heterocycles. The number of nitrogens with zero attached hydrogens (tertiary/aromatic N) is 1. The number of carboxylic acids is 1. The topological polar surface area (TPSA) is 94.8 Å². The number of aromatic nitrogens is 1. The Kier molecular flexibility index (Phi) is 5.36. The third kappa shape index (κ3) is 3.62. The lowest BCUT2D eigenvalue weighted by Gasteiger charge is -2.14. The van der Waals surface area contributed by atoms with Gasteiger partial charge in [0.2, 0.25) is 0 Å². The molecule has 0 saturated carbocycles. The van der Waals surface area contributed by atoms with Gasteiger partial charge in [-0.3, -0.25) is 4.79 Å². The van der Waals surface area contributed by atoms with Gasteiger partial charge in [-0.15, -0.1) is 0 Å². The molecule has 0 saturated heterocycles. The zero-order valence-electron chi connectivity index (χ0n) is 13.3. The summed E-state index contributed by atoms with van der Waals surface area (Å²) >= 11 is 0. The van der Waals surface area contributed by atoms with Crippen molar-refractivity contribution in [3.63, 3.8) is 0 Å². The second-order valence-electron chi connectivity index (χ2n) is 4.95. The first-order valence-electron chi connectivity index (χ1n) is 7.29. The first-order valence-corrected chi connectivity index (χ1v) is 7.29. The third-order valence-corrected chi connectivity index (χ3v) is 3.25. The highest BCUT2D eigenvalue weighted by Gasteiger charge is 2.23. The highest BCUT2D eigenvalue weighted by molar-refractivity contribution is 5.91. The monoisotopic (exact) mass is 331 g/mol. The summed E-state index contributed by atoms with van der Waals surface area (Å²) in [7, 11) is 0. The molecule has 0 aliphatic rings. The van der Waals surface area contributed by atoms with Crippen LogP contribution in [0.1, 0.15) is 28.5 Å². The molecule has 2 aromatic rings. The van der Waals surface area contributed by atoms with Crippen LogP contribution in [0.2, 0.25) is 0 Å². The molecule has 24 heavy (non-hydrogen) atoms. The predicted molar refractivity (Wildman–Crippen MR) is 85.6 cm³/mol. The minimum atomic E-state index is -1.31. The lowest BCUT2D eigenvalue weighted by atomic mass is 10.2. The molecule has 0 atom stereocenters. The first kappa shape index (κ1) is 17.3. The third-order valence-electron chi connectivity index (χ3n) is 3.25. The summed E-state index contributed by atoms with van der Waals surface area (Å²) in [6, 6.07) is 10.2. The van der Waals surface area contributed by atoms with Crippen molar-refractivity contribution in [2.45, 2.75) is 20.5 Å². The normalized spacial score (nSPS) is 10.2. The summed E-state index contributed by atoms with van der Waals surface area (Å²) < 4.78 is 11.0. The van der Waals surface area contributed by atoms with E-state index in [0.29, 0.717) is 0 Å². The fourth-order valence-corrected chi connectivity index (χ4v) is 2.16. The lowest BCUT2D eigenvalue weighted by Crippen LogP contribution is -2.32. The van der Waals surface area contributed by atoms with E-state index in [1.807, 2.05) is 6.07 Å². The van der Waals surface area contributed by atoms with Crippen LogP contribution in [0.25, 0.3) is 0 Å². The molecule has 2 rings (SSSR count). The second-order valence-corrected chi connectivity index (χ2v) is 4.95. The van der Waals surface area contributed by atoms with Crippen LogP contribution >= 0.6 is 0 Å². The quantitative estimate of drug-likeness (QED) is 0.904. The van der Waals surface area contributed by atoms with Crippen molar-refractivity contribution in [1.82, 2.24) is 4.57 Å². The zero-order valence-corrected chi connectivity index (χ0v) is 13.3. The number of ether oxygens (including phenoxy) is 2. The van der Waals surface area contributed by atoms with E-state index in [4.69, 9.17) is 9.47 Å². The van der Waals surface area contributed by atoms with Gasteiger partial charge in [-0.2, -0.15) is 0 Å². The van der Waals surface area contributed by atoms with E-state index in [1.165, 1.54) is 13.0 Å². The maximum atomic E-state index is 12.5. The van der Waals surface area contributed by atoms with Gasteiger partial charge in [0.05, 0.1) is 6.61 Å². The second kappa shape index (κ2) is 7.45. The summed E-state index contributed by atoms with van der Waals surface area (Å²) in [6.07, 6.45) is -0.874. The van der Waals surface area contributed by atoms with Gasteiger partial charge < -0.3 is 14.6 Å². The van der Waals surface area contributed by atoms with Crippen LogP contribution in [0.5, 0.6) is 5.75 Å². The van der Waals surface area contributed by atoms with E-state index in [1.54, 1.807) is 31.2 Å². The average Bonchev–Trinajstić information content (AvgIpc) is 2.54. The number of aryl methyl sites for hydroxylation is 1. The van der Waals surface area contributed by atoms with E-state index in [2.05, 4.69) is 0 Å². The minimum Gasteiger partial charge on any atom is -0.482 e. The Labute approximate surface area is 138 Å². The Morgan fingerprint density at radius 3 is 2.46 bits per heavy atom. The van der Waals surface area contributed by atoms with E-state index in [9.17, 15) is 19.5 Å². The highest BCUT2D eigenvalue weighted by atomic mass is 16.5. The molecule has 0 spiro atoms. The van der Waals surface area contributed by atoms with Crippen molar-refractivity contribution >= 4 is 12.1 Å². The Hall–Kier alpha value is -3.09. The van der Waals surface area contributed by atoms with Crippen LogP contribution in [0.3, 0.4) is 0 Å². The van der Waals surface area contributed by atoms with Gasteiger partial charge >= 0.3 is 17.6 Å². The summed E-state index contributed by atoms with van der Waals surface area (Å²) in [4.78, 5) is 35.9. The molecule has 1 aromatic heterocycles. The fraction of sp³-hybridized carbons (Fsp3) is 0.235. The van der Waals surface area contributed by atoms with Crippen LogP contribution in [0, 0.1) is 6.92 Å². The molecule has 1 N–H and O–H groups in total. The van der Waals surface area contributed by atoms with Gasteiger partial charge in [0.15, 0.2) is 5.75 Å². The SMILES string of the molecule is CCOC(=O)n1c(C)cc(C(=O)O)c(OCc2ccccc2)c1=O. The van der Waals surface area contributed by atoms with Crippen molar-refractivity contribution in [2.24, 2.45) is 0 Å². The molecular weight excluding hydrogens is 314 g/mol. The Balaban J connectivity index is 2.47. The van der Waals surface area contributed by atoms with E-state index < -0.39 is 23.4 Å². The maximum absolute atomic E-state index is 12.5. The number of carbonyl (C=O) groups is 2. The molecule has 0 unspecified atom stereocenters. The van der Waals surface area contributed by atoms with Gasteiger partial charge in [-0.1, -0.05) is 30.3 Å². The van der Waals surface area contributed by atoms with Crippen molar-refractivity contribution in [1.29, 1.82) is 0 Å². The maximum Gasteiger partial charge on any atom is 0.421 e. The van der Waals surface area contributed by atoms with Crippen LogP contribution in [0.15, 0.2) is 41.2 Å². The van der Waals surface area contributed by atoms with Crippen molar-refractivity contribution in [2.75, 3.05) is 6.61 Å². The summed E-state index contributed by atoms with van der Waals surface area (Å²) in [5.74, 6) is -1.71. The summed E-state index contributed by atoms with van der Waals surface area (Å²) in [6.45, 7) is 3.15. The number of carboxylic acid groups (broad SMARTS) is 1. The molecule has 1 aromatic carbocycles. The van der Waals surface area contributed by atoms with Crippen LogP contribution < -0.4 is 10.3 Å². The molecule has 7 nitrogen and oxygen atoms in total. The molecule has 7 heteroatoms. The van der Waals surface area contributed by atoms with Gasteiger partial charge in [0.1, 0.15) is 12.2 Å². The minimum absolute atomic E-state index is 0.00223. The van der Waals surface area contributed by atoms with Crippen molar-refractivity contribution in [3.8, 4) is 5.75 Å². The van der Waals surface area contributed by atoms with E-state index >= 15 is 0 Å². The van der Waals surface area contributed by atoms with Gasteiger partial charge in [-0.05, 0) is 25.5 Å². The summed E-state index contributed by atoms with van der Waals surface area (Å²) in [5, 5.41) is 9.30. The van der Waals surface area contributed by atoms with Crippen molar-refractivity contribution in [3.05, 3.63) is 63.6 Å². The largest absolute Gasteiger partial charge is 0.482 e. The number of aromatic carboxylic acids is 1. The Morgan fingerprint density at radius 2 is 1.88 bits per heavy atom. The van der Waals surface area contributed by atoms with Gasteiger partial charge in [-0.25, -0.2) is 14.2 Å². The molecule has 0 amide bonds. The first-order chi connectivity index (χ1) is 11.5. The number of rotatable bonds is 5. The molecule has 0 aliphatic heterocycles. The number of pyridine rings is 1. The molecular formula is C17H17NO6. The fourth-order valence-electron chi connectivity index (χ4n) is 2.16. The van der Waals surface area contributed by atoms with E-state index in [-0.39, 0.29) is 24.5 Å². The number of hydrogen-bond donors (Lipinski definition) is 1. The Bertz CT molecular complexity index is 810. The molecule has 0 fully saturated rings. The van der Waals surface area contributed by atoms with Gasteiger partial charge in [0, 0.05) is 5.69 Å². The van der Waals surface area contributed by atoms with Crippen molar-refractivity contribution < 1.29 is 24.2 Å². The van der Waals surface area contributed by atoms with Crippen LogP contribution in [-0.4, -0.2) is 28.3 Å². The number of hydrogen-bond acceptors (Lipinski definition) is 5. The molecule has 0 bridgehead atoms. The zero-order chi connectivity index (χ0) is 17.7. The van der Waals surface area contributed by atoms with Crippen LogP contribution in [-0.2, 0) is 11.3 Å². The summed E-state index contributed by atoms with van der Waals surface area (Å²) in [5.41, 5.74) is -0.241. The number of carbonyl (C=O) groups excluding carboxylic acids is 1. The molecule has 0 radical (unpaired) electrons. The standard InChI is InChI=1S/C17H17NO6/c1-3-23-17(22)18-11(2)9-13(16(20)21)14(15(18)19)24-10-12-7-5-4-6-8-12/h4-9H,3,10H2,1-2H3,(H,20,21). The predicted octanol–water partition coefficient (Wildman–Crippen LogP) is 2.44. The highest BCUT2D eigenvalue weighted by Crippen LogP contribution is 2.17.